The van der Waals surface area contributed by atoms with Crippen molar-refractivity contribution in [2.45, 2.75) is 0 Å². The smallest absolute Gasteiger partial charge is 0.255 e. The number of anilines is 1. The lowest BCUT2D eigenvalue weighted by atomic mass is 10.2. The van der Waals surface area contributed by atoms with Crippen LogP contribution in [-0.2, 0) is 0 Å². The maximum atomic E-state index is 12.2. The zero-order chi connectivity index (χ0) is 14.0. The highest BCUT2D eigenvalue weighted by Crippen LogP contribution is 2.30. The van der Waals surface area contributed by atoms with Gasteiger partial charge in [-0.05, 0) is 46.3 Å². The fourth-order valence-corrected chi connectivity index (χ4v) is 3.31. The van der Waals surface area contributed by atoms with Gasteiger partial charge in [-0.25, -0.2) is 0 Å². The second-order valence-electron chi connectivity index (χ2n) is 3.71. The standard InChI is InChI=1S/C13H7Br3ClNO/c14-8-4-7(5-9(15)6-8)13(19)18-11-3-1-2-10(17)12(11)16/h1-6H,(H,18,19). The first-order valence-corrected chi connectivity index (χ1v) is 7.94. The monoisotopic (exact) mass is 465 g/mol. The Morgan fingerprint density at radius 1 is 1.05 bits per heavy atom. The van der Waals surface area contributed by atoms with E-state index < -0.39 is 0 Å². The van der Waals surface area contributed by atoms with E-state index in [1.807, 2.05) is 6.07 Å². The van der Waals surface area contributed by atoms with Crippen LogP contribution >= 0.6 is 59.4 Å². The van der Waals surface area contributed by atoms with Crippen molar-refractivity contribution in [3.8, 4) is 0 Å². The fraction of sp³-hybridized carbons (Fsp3) is 0. The molecule has 6 heteroatoms. The number of hydrogen-bond acceptors (Lipinski definition) is 1. The molecule has 0 saturated carbocycles. The first-order valence-electron chi connectivity index (χ1n) is 5.19. The average Bonchev–Trinajstić information content (AvgIpc) is 2.33. The third-order valence-electron chi connectivity index (χ3n) is 2.32. The lowest BCUT2D eigenvalue weighted by Crippen LogP contribution is -2.12. The molecule has 2 aromatic carbocycles. The topological polar surface area (TPSA) is 29.1 Å². The van der Waals surface area contributed by atoms with Gasteiger partial charge in [-0.2, -0.15) is 0 Å². The molecule has 0 radical (unpaired) electrons. The summed E-state index contributed by atoms with van der Waals surface area (Å²) in [7, 11) is 0. The molecular weight excluding hydrogens is 461 g/mol. The van der Waals surface area contributed by atoms with E-state index in [0.29, 0.717) is 20.7 Å². The number of halogens is 4. The van der Waals surface area contributed by atoms with Gasteiger partial charge < -0.3 is 5.32 Å². The van der Waals surface area contributed by atoms with Gasteiger partial charge in [0.25, 0.3) is 5.91 Å². The van der Waals surface area contributed by atoms with Gasteiger partial charge in [-0.1, -0.05) is 49.5 Å². The van der Waals surface area contributed by atoms with Crippen molar-refractivity contribution < 1.29 is 4.79 Å². The van der Waals surface area contributed by atoms with Crippen LogP contribution in [0.15, 0.2) is 49.8 Å². The van der Waals surface area contributed by atoms with Crippen LogP contribution in [0.25, 0.3) is 0 Å². The molecule has 0 heterocycles. The Labute approximate surface area is 140 Å². The fourth-order valence-electron chi connectivity index (χ4n) is 1.48. The van der Waals surface area contributed by atoms with E-state index in [1.165, 1.54) is 0 Å². The Bertz CT molecular complexity index is 626. The molecular formula is C13H7Br3ClNO. The second kappa shape index (κ2) is 6.39. The molecule has 2 aromatic rings. The van der Waals surface area contributed by atoms with Gasteiger partial charge in [-0.3, -0.25) is 4.79 Å². The van der Waals surface area contributed by atoms with E-state index in [0.717, 1.165) is 8.95 Å². The molecule has 0 spiro atoms. The van der Waals surface area contributed by atoms with Crippen LogP contribution in [0.2, 0.25) is 5.02 Å². The number of carbonyl (C=O) groups is 1. The van der Waals surface area contributed by atoms with E-state index in [2.05, 4.69) is 53.1 Å². The van der Waals surface area contributed by atoms with Crippen LogP contribution in [0.5, 0.6) is 0 Å². The first kappa shape index (κ1) is 15.0. The van der Waals surface area contributed by atoms with E-state index in [-0.39, 0.29) is 5.91 Å². The molecule has 0 aliphatic heterocycles. The zero-order valence-corrected chi connectivity index (χ0v) is 14.9. The van der Waals surface area contributed by atoms with Gasteiger partial charge in [0.05, 0.1) is 15.2 Å². The highest BCUT2D eigenvalue weighted by atomic mass is 79.9. The second-order valence-corrected chi connectivity index (χ2v) is 6.75. The quantitative estimate of drug-likeness (QED) is 0.586. The largest absolute Gasteiger partial charge is 0.321 e. The number of hydrogen-bond donors (Lipinski definition) is 1. The minimum atomic E-state index is -0.204. The predicted molar refractivity (Wildman–Crippen MR) is 88.9 cm³/mol. The Hall–Kier alpha value is -0.360. The highest BCUT2D eigenvalue weighted by Gasteiger charge is 2.11. The van der Waals surface area contributed by atoms with Crippen LogP contribution < -0.4 is 5.32 Å². The summed E-state index contributed by atoms with van der Waals surface area (Å²) >= 11 is 16.0. The molecule has 2 nitrogen and oxygen atoms in total. The van der Waals surface area contributed by atoms with Crippen molar-refractivity contribution in [2.75, 3.05) is 5.32 Å². The van der Waals surface area contributed by atoms with Crippen molar-refractivity contribution in [1.29, 1.82) is 0 Å². The molecule has 1 N–H and O–H groups in total. The molecule has 0 aliphatic rings. The molecule has 0 saturated heterocycles. The van der Waals surface area contributed by atoms with Crippen LogP contribution in [-0.4, -0.2) is 5.91 Å². The summed E-state index contributed by atoms with van der Waals surface area (Å²) in [6.45, 7) is 0. The summed E-state index contributed by atoms with van der Waals surface area (Å²) in [6.07, 6.45) is 0. The van der Waals surface area contributed by atoms with E-state index in [1.54, 1.807) is 30.3 Å². The zero-order valence-electron chi connectivity index (χ0n) is 9.38. The number of rotatable bonds is 2. The van der Waals surface area contributed by atoms with Crippen LogP contribution in [0.1, 0.15) is 10.4 Å². The van der Waals surface area contributed by atoms with Crippen molar-refractivity contribution in [3.05, 3.63) is 60.4 Å². The molecule has 0 bridgehead atoms. The number of amides is 1. The Morgan fingerprint density at radius 2 is 1.68 bits per heavy atom. The molecule has 19 heavy (non-hydrogen) atoms. The number of nitrogens with one attached hydrogen (secondary N) is 1. The highest BCUT2D eigenvalue weighted by molar-refractivity contribution is 9.11. The van der Waals surface area contributed by atoms with Gasteiger partial charge >= 0.3 is 0 Å². The van der Waals surface area contributed by atoms with Crippen molar-refractivity contribution in [3.63, 3.8) is 0 Å². The molecule has 2 rings (SSSR count). The minimum Gasteiger partial charge on any atom is -0.321 e. The lowest BCUT2D eigenvalue weighted by molar-refractivity contribution is 0.102. The van der Waals surface area contributed by atoms with E-state index >= 15 is 0 Å². The Balaban J connectivity index is 2.28. The molecule has 0 fully saturated rings. The normalized spacial score (nSPS) is 10.3. The van der Waals surface area contributed by atoms with Gasteiger partial charge in [0.2, 0.25) is 0 Å². The maximum absolute atomic E-state index is 12.2. The lowest BCUT2D eigenvalue weighted by Gasteiger charge is -2.09. The molecule has 0 aromatic heterocycles. The molecule has 1 amide bonds. The third-order valence-corrected chi connectivity index (χ3v) is 4.64. The maximum Gasteiger partial charge on any atom is 0.255 e. The van der Waals surface area contributed by atoms with Gasteiger partial charge in [0.1, 0.15) is 0 Å². The van der Waals surface area contributed by atoms with Crippen LogP contribution in [0.4, 0.5) is 5.69 Å². The van der Waals surface area contributed by atoms with E-state index in [9.17, 15) is 4.79 Å². The van der Waals surface area contributed by atoms with Gasteiger partial charge in [0.15, 0.2) is 0 Å². The van der Waals surface area contributed by atoms with Crippen molar-refractivity contribution >= 4 is 71.0 Å². The van der Waals surface area contributed by atoms with Crippen molar-refractivity contribution in [1.82, 2.24) is 0 Å². The number of carbonyl (C=O) groups excluding carboxylic acids is 1. The Kier molecular flexibility index (Phi) is 5.06. The minimum absolute atomic E-state index is 0.204. The summed E-state index contributed by atoms with van der Waals surface area (Å²) in [5.41, 5.74) is 1.18. The average molecular weight is 468 g/mol. The van der Waals surface area contributed by atoms with Crippen LogP contribution in [0.3, 0.4) is 0 Å². The Morgan fingerprint density at radius 3 is 2.32 bits per heavy atom. The first-order chi connectivity index (χ1) is 8.97. The molecule has 0 aliphatic carbocycles. The van der Waals surface area contributed by atoms with Gasteiger partial charge in [0, 0.05) is 14.5 Å². The summed E-state index contributed by atoms with van der Waals surface area (Å²) in [4.78, 5) is 12.2. The van der Waals surface area contributed by atoms with E-state index in [4.69, 9.17) is 11.6 Å². The molecule has 0 unspecified atom stereocenters. The van der Waals surface area contributed by atoms with Crippen LogP contribution in [0, 0.1) is 0 Å². The molecule has 98 valence electrons. The molecule has 0 atom stereocenters. The number of benzene rings is 2. The van der Waals surface area contributed by atoms with Gasteiger partial charge in [-0.15, -0.1) is 0 Å². The SMILES string of the molecule is O=C(Nc1cccc(Cl)c1Br)c1cc(Br)cc(Br)c1. The predicted octanol–water partition coefficient (Wildman–Crippen LogP) is 5.88. The third kappa shape index (κ3) is 3.81. The summed E-state index contributed by atoms with van der Waals surface area (Å²) in [5.74, 6) is -0.204. The summed E-state index contributed by atoms with van der Waals surface area (Å²) < 4.78 is 2.33. The van der Waals surface area contributed by atoms with Crippen molar-refractivity contribution in [2.24, 2.45) is 0 Å². The summed E-state index contributed by atoms with van der Waals surface area (Å²) in [5, 5.41) is 3.36. The summed E-state index contributed by atoms with van der Waals surface area (Å²) in [6, 6.07) is 10.7.